The molecule has 7 heteroatoms. The predicted molar refractivity (Wildman–Crippen MR) is 118 cm³/mol. The molecule has 4 atom stereocenters. The van der Waals surface area contributed by atoms with Gasteiger partial charge < -0.3 is 15.4 Å². The minimum absolute atomic E-state index is 0.0486. The number of amides is 2. The lowest BCUT2D eigenvalue weighted by Gasteiger charge is -2.28. The Kier molecular flexibility index (Phi) is 11.7. The number of ether oxygens (including phenoxy) is 1. The fourth-order valence-corrected chi connectivity index (χ4v) is 4.91. The van der Waals surface area contributed by atoms with Crippen molar-refractivity contribution in [2.75, 3.05) is 19.0 Å². The van der Waals surface area contributed by atoms with Crippen LogP contribution in [0.4, 0.5) is 0 Å². The molecule has 2 saturated heterocycles. The highest BCUT2D eigenvalue weighted by molar-refractivity contribution is 6.27. The third-order valence-corrected chi connectivity index (χ3v) is 6.77. The highest BCUT2D eigenvalue weighted by Crippen LogP contribution is 2.45. The molecule has 0 radical (unpaired) electrons. The maximum absolute atomic E-state index is 12.2. The van der Waals surface area contributed by atoms with Crippen molar-refractivity contribution in [3.05, 3.63) is 0 Å². The van der Waals surface area contributed by atoms with Crippen LogP contribution in [0.15, 0.2) is 0 Å². The van der Waals surface area contributed by atoms with Gasteiger partial charge in [-0.3, -0.25) is 14.4 Å². The van der Waals surface area contributed by atoms with Crippen LogP contribution in [-0.4, -0.2) is 48.8 Å². The van der Waals surface area contributed by atoms with Crippen LogP contribution in [0, 0.1) is 11.8 Å². The largest absolute Gasteiger partial charge is 0.374 e. The van der Waals surface area contributed by atoms with E-state index in [0.717, 1.165) is 64.2 Å². The van der Waals surface area contributed by atoms with Gasteiger partial charge in [0.05, 0.1) is 24.6 Å². The van der Waals surface area contributed by atoms with Crippen molar-refractivity contribution in [3.8, 4) is 0 Å². The van der Waals surface area contributed by atoms with Gasteiger partial charge in [0.15, 0.2) is 0 Å². The summed E-state index contributed by atoms with van der Waals surface area (Å²) in [5, 5.41) is 5.72. The number of hydrogen-bond acceptors (Lipinski definition) is 4. The first-order valence-electron chi connectivity index (χ1n) is 11.8. The first-order valence-corrected chi connectivity index (χ1v) is 12.3. The molecule has 6 nitrogen and oxygen atoms in total. The number of halogens is 1. The van der Waals surface area contributed by atoms with E-state index in [2.05, 4.69) is 17.6 Å². The Balaban J connectivity index is 1.63. The number of fused-ring (bicyclic) bond motifs is 2. The summed E-state index contributed by atoms with van der Waals surface area (Å²) in [6.45, 7) is 2.78. The van der Waals surface area contributed by atoms with Crippen LogP contribution in [0.5, 0.6) is 0 Å². The second-order valence-electron chi connectivity index (χ2n) is 8.78. The summed E-state index contributed by atoms with van der Waals surface area (Å²) < 4.78 is 6.13. The van der Waals surface area contributed by atoms with Crippen LogP contribution >= 0.6 is 11.6 Å². The summed E-state index contributed by atoms with van der Waals surface area (Å²) in [4.78, 5) is 35.2. The van der Waals surface area contributed by atoms with Crippen LogP contribution < -0.4 is 10.6 Å². The van der Waals surface area contributed by atoms with Crippen molar-refractivity contribution in [1.29, 1.82) is 0 Å². The molecule has 2 bridgehead atoms. The third-order valence-electron chi connectivity index (χ3n) is 6.47. The molecular weight excluding hydrogens is 404 g/mol. The summed E-state index contributed by atoms with van der Waals surface area (Å²) in [7, 11) is 0. The van der Waals surface area contributed by atoms with Gasteiger partial charge in [-0.25, -0.2) is 0 Å². The topological polar surface area (TPSA) is 84.5 Å². The quantitative estimate of drug-likeness (QED) is 0.281. The fraction of sp³-hybridized carbons (Fsp3) is 0.870. The molecule has 2 amide bonds. The molecule has 2 heterocycles. The van der Waals surface area contributed by atoms with E-state index in [4.69, 9.17) is 16.3 Å². The van der Waals surface area contributed by atoms with Gasteiger partial charge >= 0.3 is 0 Å². The van der Waals surface area contributed by atoms with Crippen molar-refractivity contribution in [3.63, 3.8) is 0 Å². The van der Waals surface area contributed by atoms with Crippen LogP contribution in [0.25, 0.3) is 0 Å². The molecule has 2 N–H and O–H groups in total. The number of hydrogen-bond donors (Lipinski definition) is 2. The number of Topliss-reactive ketones (excluding diaryl/α,β-unsaturated/α-hetero) is 1. The zero-order chi connectivity index (χ0) is 21.8. The lowest BCUT2D eigenvalue weighted by Crippen LogP contribution is -2.42. The molecule has 0 aliphatic carbocycles. The zero-order valence-corrected chi connectivity index (χ0v) is 19.2. The molecule has 4 unspecified atom stereocenters. The fourth-order valence-electron chi connectivity index (χ4n) is 4.77. The van der Waals surface area contributed by atoms with Crippen molar-refractivity contribution < 1.29 is 19.1 Å². The van der Waals surface area contributed by atoms with Gasteiger partial charge in [-0.2, -0.15) is 0 Å². The predicted octanol–water partition coefficient (Wildman–Crippen LogP) is 3.74. The molecule has 172 valence electrons. The number of rotatable bonds is 16. The third kappa shape index (κ3) is 8.54. The Hall–Kier alpha value is -1.14. The Labute approximate surface area is 186 Å². The smallest absolute Gasteiger partial charge is 0.239 e. The van der Waals surface area contributed by atoms with Crippen LogP contribution in [-0.2, 0) is 19.1 Å². The molecule has 0 aromatic rings. The first kappa shape index (κ1) is 25.1. The second kappa shape index (κ2) is 14.0. The molecule has 2 rings (SSSR count). The average molecular weight is 443 g/mol. The molecule has 2 aliphatic heterocycles. The molecule has 0 spiro atoms. The van der Waals surface area contributed by atoms with Crippen molar-refractivity contribution in [1.82, 2.24) is 10.6 Å². The Morgan fingerprint density at radius 2 is 1.57 bits per heavy atom. The summed E-state index contributed by atoms with van der Waals surface area (Å²) in [6, 6.07) is 0. The van der Waals surface area contributed by atoms with Gasteiger partial charge in [0, 0.05) is 25.3 Å². The monoisotopic (exact) mass is 442 g/mol. The minimum atomic E-state index is -0.121. The molecule has 0 aromatic heterocycles. The molecule has 2 aliphatic rings. The van der Waals surface area contributed by atoms with E-state index < -0.39 is 0 Å². The van der Waals surface area contributed by atoms with Gasteiger partial charge in [0.25, 0.3) is 0 Å². The van der Waals surface area contributed by atoms with Gasteiger partial charge in [0.1, 0.15) is 5.78 Å². The van der Waals surface area contributed by atoms with E-state index in [0.29, 0.717) is 37.3 Å². The molecular formula is C23H39ClN2O4. The first-order chi connectivity index (χ1) is 14.5. The van der Waals surface area contributed by atoms with Gasteiger partial charge in [0.2, 0.25) is 11.8 Å². The van der Waals surface area contributed by atoms with E-state index in [-0.39, 0.29) is 36.1 Å². The molecule has 0 saturated carbocycles. The number of alkyl halides is 1. The normalized spacial score (nSPS) is 24.7. The molecule has 2 fully saturated rings. The maximum atomic E-state index is 12.2. The van der Waals surface area contributed by atoms with Crippen molar-refractivity contribution in [2.45, 2.75) is 96.2 Å². The van der Waals surface area contributed by atoms with Gasteiger partial charge in [-0.1, -0.05) is 39.0 Å². The minimum Gasteiger partial charge on any atom is -0.374 e. The van der Waals surface area contributed by atoms with Crippen LogP contribution in [0.2, 0.25) is 0 Å². The van der Waals surface area contributed by atoms with Crippen LogP contribution in [0.3, 0.4) is 0 Å². The SMILES string of the molecule is CCCCCC(=O)NCC(=O)NCC1C2CCC(O2)C1CCCCCCC(=O)CCl. The van der Waals surface area contributed by atoms with Crippen molar-refractivity contribution in [2.24, 2.45) is 11.8 Å². The zero-order valence-electron chi connectivity index (χ0n) is 18.4. The van der Waals surface area contributed by atoms with Crippen LogP contribution in [0.1, 0.15) is 84.0 Å². The summed E-state index contributed by atoms with van der Waals surface area (Å²) >= 11 is 5.53. The van der Waals surface area contributed by atoms with E-state index in [1.54, 1.807) is 0 Å². The Morgan fingerprint density at radius 1 is 0.867 bits per heavy atom. The standard InChI is InChI=1S/C23H39ClN2O4/c1-2-3-6-11-22(28)26-16-23(29)25-15-19-18(20-12-13-21(19)30-20)10-8-5-4-7-9-17(27)14-24/h18-21H,2-16H2,1H3,(H,25,29)(H,26,28). The average Bonchev–Trinajstić information content (AvgIpc) is 3.35. The molecule has 0 aromatic carbocycles. The van der Waals surface area contributed by atoms with Gasteiger partial charge in [-0.05, 0) is 38.0 Å². The van der Waals surface area contributed by atoms with Crippen molar-refractivity contribution >= 4 is 29.2 Å². The van der Waals surface area contributed by atoms with E-state index in [1.807, 2.05) is 0 Å². The van der Waals surface area contributed by atoms with E-state index in [9.17, 15) is 14.4 Å². The summed E-state index contributed by atoms with van der Waals surface area (Å²) in [6.07, 6.45) is 12.2. The Morgan fingerprint density at radius 3 is 2.30 bits per heavy atom. The number of unbranched alkanes of at least 4 members (excludes halogenated alkanes) is 5. The summed E-state index contributed by atoms with van der Waals surface area (Å²) in [5.74, 6) is 0.948. The molecule has 30 heavy (non-hydrogen) atoms. The Bertz CT molecular complexity index is 557. The van der Waals surface area contributed by atoms with Gasteiger partial charge in [-0.15, -0.1) is 11.6 Å². The highest BCUT2D eigenvalue weighted by atomic mass is 35.5. The number of ketones is 1. The number of carbonyl (C=O) groups is 3. The van der Waals surface area contributed by atoms with E-state index in [1.165, 1.54) is 0 Å². The number of carbonyl (C=O) groups excluding carboxylic acids is 3. The van der Waals surface area contributed by atoms with E-state index >= 15 is 0 Å². The second-order valence-corrected chi connectivity index (χ2v) is 9.05. The number of nitrogens with one attached hydrogen (secondary N) is 2. The summed E-state index contributed by atoms with van der Waals surface area (Å²) in [5.41, 5.74) is 0. The lowest BCUT2D eigenvalue weighted by molar-refractivity contribution is -0.126. The maximum Gasteiger partial charge on any atom is 0.239 e. The highest BCUT2D eigenvalue weighted by Gasteiger charge is 2.48. The lowest BCUT2D eigenvalue weighted by atomic mass is 9.76.